The first kappa shape index (κ1) is 24.1. The van der Waals surface area contributed by atoms with Crippen LogP contribution in [0.1, 0.15) is 60.8 Å². The summed E-state index contributed by atoms with van der Waals surface area (Å²) in [6.45, 7) is 5.74. The number of aromatic hydroxyl groups is 1. The Morgan fingerprint density at radius 1 is 1.24 bits per heavy atom. The van der Waals surface area contributed by atoms with E-state index in [9.17, 15) is 14.7 Å². The second kappa shape index (κ2) is 10.3. The summed E-state index contributed by atoms with van der Waals surface area (Å²) in [6.07, 6.45) is 2.50. The number of carboxylic acid groups (broad SMARTS) is 1. The van der Waals surface area contributed by atoms with Crippen LogP contribution >= 0.6 is 11.7 Å². The Morgan fingerprint density at radius 2 is 1.97 bits per heavy atom. The minimum atomic E-state index is -1.15. The fourth-order valence-electron chi connectivity index (χ4n) is 3.18. The predicted octanol–water partition coefficient (Wildman–Crippen LogP) is 4.42. The van der Waals surface area contributed by atoms with Gasteiger partial charge in [-0.05, 0) is 36.1 Å². The molecule has 33 heavy (non-hydrogen) atoms. The molecule has 0 radical (unpaired) electrons. The number of para-hydroxylation sites is 1. The highest BCUT2D eigenvalue weighted by molar-refractivity contribution is 6.99. The first-order valence-electron chi connectivity index (χ1n) is 10.4. The van der Waals surface area contributed by atoms with Gasteiger partial charge in [-0.25, -0.2) is 0 Å². The van der Waals surface area contributed by atoms with Crippen LogP contribution in [0.4, 0.5) is 17.3 Å². The fraction of sp³-hybridized carbons (Fsp3) is 0.364. The molecule has 2 heterocycles. The van der Waals surface area contributed by atoms with Gasteiger partial charge in [0.2, 0.25) is 0 Å². The van der Waals surface area contributed by atoms with Gasteiger partial charge in [-0.3, -0.25) is 9.59 Å². The van der Waals surface area contributed by atoms with Crippen molar-refractivity contribution in [2.45, 2.75) is 39.2 Å². The molecule has 1 amide bonds. The Bertz CT molecular complexity index is 1130. The number of aromatic nitrogens is 2. The van der Waals surface area contributed by atoms with E-state index in [0.717, 1.165) is 34.4 Å². The topological polar surface area (TPSA) is 141 Å². The van der Waals surface area contributed by atoms with Gasteiger partial charge in [-0.2, -0.15) is 8.75 Å². The molecule has 0 saturated heterocycles. The number of rotatable bonds is 10. The first-order valence-corrected chi connectivity index (χ1v) is 11.2. The zero-order valence-corrected chi connectivity index (χ0v) is 19.6. The minimum Gasteiger partial charge on any atom is -0.505 e. The van der Waals surface area contributed by atoms with Crippen molar-refractivity contribution in [1.82, 2.24) is 13.6 Å². The number of nitrogens with one attached hydrogen (secondary N) is 2. The molecule has 4 N–H and O–H groups in total. The molecule has 3 aromatic rings. The number of carbonyl (C=O) groups is 2. The minimum absolute atomic E-state index is 0.0234. The summed E-state index contributed by atoms with van der Waals surface area (Å²) in [7, 11) is 1.35. The summed E-state index contributed by atoms with van der Waals surface area (Å²) in [4.78, 5) is 24.5. The molecule has 0 saturated carbocycles. The zero-order chi connectivity index (χ0) is 24.1. The van der Waals surface area contributed by atoms with Crippen molar-refractivity contribution in [3.05, 3.63) is 47.4 Å². The van der Waals surface area contributed by atoms with Crippen LogP contribution < -0.4 is 10.6 Å². The molecule has 0 aliphatic rings. The normalized spacial score (nSPS) is 11.9. The van der Waals surface area contributed by atoms with Gasteiger partial charge >= 0.3 is 5.97 Å². The third-order valence-electron chi connectivity index (χ3n) is 5.10. The largest absolute Gasteiger partial charge is 0.505 e. The Kier molecular flexibility index (Phi) is 7.54. The van der Waals surface area contributed by atoms with Crippen molar-refractivity contribution < 1.29 is 24.2 Å². The Balaban J connectivity index is 1.80. The van der Waals surface area contributed by atoms with Crippen molar-refractivity contribution in [2.24, 2.45) is 0 Å². The first-order chi connectivity index (χ1) is 15.7. The second-order valence-corrected chi connectivity index (χ2v) is 8.41. The van der Waals surface area contributed by atoms with Crippen molar-refractivity contribution in [1.29, 1.82) is 0 Å². The van der Waals surface area contributed by atoms with Crippen LogP contribution in [-0.4, -0.2) is 49.3 Å². The van der Waals surface area contributed by atoms with Gasteiger partial charge in [0, 0.05) is 7.05 Å². The lowest BCUT2D eigenvalue weighted by molar-refractivity contribution is -0.137. The number of phenols is 1. The summed E-state index contributed by atoms with van der Waals surface area (Å²) in [5, 5.41) is 25.9. The van der Waals surface area contributed by atoms with Gasteiger partial charge in [0.05, 0.1) is 35.3 Å². The van der Waals surface area contributed by atoms with Gasteiger partial charge in [0.1, 0.15) is 12.3 Å². The van der Waals surface area contributed by atoms with Crippen LogP contribution in [0.2, 0.25) is 0 Å². The standard InChI is InChI=1S/C22H27N5O5S/c1-5-15(17-9-13(11-32-17)12(2)3)23-20-21(26-33-25-20)24-16-8-6-7-14(19(16)30)22(31)27(4)10-18(28)29/h6-9,11-12,15,30H,5,10H2,1-4H3,(H,23,25)(H,24,26)(H,28,29). The lowest BCUT2D eigenvalue weighted by Crippen LogP contribution is -2.32. The number of nitrogens with zero attached hydrogens (tertiary/aromatic N) is 3. The third-order valence-corrected chi connectivity index (χ3v) is 5.62. The number of carboxylic acids is 1. The lowest BCUT2D eigenvalue weighted by atomic mass is 10.1. The average molecular weight is 474 g/mol. The maximum absolute atomic E-state index is 12.5. The van der Waals surface area contributed by atoms with Gasteiger partial charge in [0.15, 0.2) is 17.4 Å². The van der Waals surface area contributed by atoms with E-state index >= 15 is 0 Å². The van der Waals surface area contributed by atoms with E-state index in [2.05, 4.69) is 33.2 Å². The highest BCUT2D eigenvalue weighted by Gasteiger charge is 2.22. The average Bonchev–Trinajstić information content (AvgIpc) is 3.42. The SMILES string of the molecule is CCC(Nc1nsnc1Nc1cccc(C(=O)N(C)CC(=O)O)c1O)c1cc(C(C)C)co1. The Morgan fingerprint density at radius 3 is 2.61 bits per heavy atom. The van der Waals surface area contributed by atoms with E-state index < -0.39 is 18.4 Å². The molecule has 0 bridgehead atoms. The summed E-state index contributed by atoms with van der Waals surface area (Å²) in [5.74, 6) is -0.0630. The number of likely N-dealkylation sites (N-methyl/N-ethyl adjacent to an activating group) is 1. The number of phenolic OH excluding ortho intramolecular Hbond substituents is 1. The summed E-state index contributed by atoms with van der Waals surface area (Å²) in [6, 6.07) is 6.49. The van der Waals surface area contributed by atoms with E-state index in [-0.39, 0.29) is 23.0 Å². The lowest BCUT2D eigenvalue weighted by Gasteiger charge is -2.17. The van der Waals surface area contributed by atoms with E-state index in [0.29, 0.717) is 17.6 Å². The molecular weight excluding hydrogens is 446 g/mol. The molecule has 1 atom stereocenters. The molecule has 0 fully saturated rings. The van der Waals surface area contributed by atoms with Gasteiger partial charge in [-0.1, -0.05) is 26.8 Å². The van der Waals surface area contributed by atoms with Crippen LogP contribution in [0.25, 0.3) is 0 Å². The zero-order valence-electron chi connectivity index (χ0n) is 18.8. The molecule has 176 valence electrons. The van der Waals surface area contributed by atoms with E-state index in [1.165, 1.54) is 13.1 Å². The molecule has 2 aromatic heterocycles. The molecule has 3 rings (SSSR count). The predicted molar refractivity (Wildman–Crippen MR) is 125 cm³/mol. The van der Waals surface area contributed by atoms with Crippen LogP contribution in [0, 0.1) is 0 Å². The Hall–Kier alpha value is -3.60. The highest BCUT2D eigenvalue weighted by Crippen LogP contribution is 2.34. The number of hydrogen-bond donors (Lipinski definition) is 4. The van der Waals surface area contributed by atoms with Crippen LogP contribution in [0.15, 0.2) is 34.9 Å². The highest BCUT2D eigenvalue weighted by atomic mass is 32.1. The van der Waals surface area contributed by atoms with Crippen molar-refractivity contribution >= 4 is 40.9 Å². The number of carbonyl (C=O) groups excluding carboxylic acids is 1. The number of aliphatic carboxylic acids is 1. The quantitative estimate of drug-likeness (QED) is 0.315. The smallest absolute Gasteiger partial charge is 0.323 e. The molecule has 0 aliphatic heterocycles. The number of furan rings is 1. The number of hydrogen-bond acceptors (Lipinski definition) is 9. The molecular formula is C22H27N5O5S. The fourth-order valence-corrected chi connectivity index (χ4v) is 3.66. The summed E-state index contributed by atoms with van der Waals surface area (Å²) in [5.41, 5.74) is 1.33. The molecule has 10 nitrogen and oxygen atoms in total. The maximum atomic E-state index is 12.5. The van der Waals surface area contributed by atoms with Crippen LogP contribution in [-0.2, 0) is 4.79 Å². The van der Waals surface area contributed by atoms with Crippen LogP contribution in [0.3, 0.4) is 0 Å². The monoisotopic (exact) mass is 473 g/mol. The van der Waals surface area contributed by atoms with Gasteiger partial charge in [-0.15, -0.1) is 0 Å². The van der Waals surface area contributed by atoms with E-state index in [4.69, 9.17) is 9.52 Å². The van der Waals surface area contributed by atoms with E-state index in [1.807, 2.05) is 13.0 Å². The number of amides is 1. The molecule has 1 aromatic carbocycles. The van der Waals surface area contributed by atoms with Crippen LogP contribution in [0.5, 0.6) is 5.75 Å². The molecule has 11 heteroatoms. The number of benzene rings is 1. The van der Waals surface area contributed by atoms with Crippen molar-refractivity contribution in [3.8, 4) is 5.75 Å². The van der Waals surface area contributed by atoms with E-state index in [1.54, 1.807) is 18.4 Å². The maximum Gasteiger partial charge on any atom is 0.323 e. The van der Waals surface area contributed by atoms with Crippen molar-refractivity contribution in [2.75, 3.05) is 24.2 Å². The van der Waals surface area contributed by atoms with Crippen molar-refractivity contribution in [3.63, 3.8) is 0 Å². The Labute approximate surface area is 195 Å². The third kappa shape index (κ3) is 5.61. The number of anilines is 3. The molecule has 0 spiro atoms. The molecule has 0 aliphatic carbocycles. The molecule has 1 unspecified atom stereocenters. The summed E-state index contributed by atoms with van der Waals surface area (Å²) >= 11 is 0.994. The van der Waals surface area contributed by atoms with Gasteiger partial charge in [0.25, 0.3) is 5.91 Å². The van der Waals surface area contributed by atoms with Gasteiger partial charge < -0.3 is 30.2 Å². The summed E-state index contributed by atoms with van der Waals surface area (Å²) < 4.78 is 14.3. The second-order valence-electron chi connectivity index (χ2n) is 7.89.